The molecule has 0 aromatic rings. The first-order valence-electron chi connectivity index (χ1n) is 41.0. The van der Waals surface area contributed by atoms with Gasteiger partial charge in [0.2, 0.25) is 76.8 Å². The second kappa shape index (κ2) is 49.1. The van der Waals surface area contributed by atoms with Crippen molar-refractivity contribution in [2.24, 2.45) is 40.5 Å². The smallest absolute Gasteiger partial charge is 0.332 e. The molecule has 3 heterocycles. The van der Waals surface area contributed by atoms with Crippen molar-refractivity contribution >= 4 is 94.6 Å². The molecule has 15 N–H and O–H groups in total. The highest BCUT2D eigenvalue weighted by molar-refractivity contribution is 6.03. The average Bonchev–Trinajstić information content (AvgIpc) is 1.80. The van der Waals surface area contributed by atoms with E-state index in [1.54, 1.807) is 86.1 Å². The normalized spacial score (nSPS) is 23.9. The molecular formula is C79H137N17O19. The molecule has 0 aromatic carbocycles. The zero-order valence-electron chi connectivity index (χ0n) is 71.5. The van der Waals surface area contributed by atoms with Gasteiger partial charge in [-0.2, -0.15) is 0 Å². The summed E-state index contributed by atoms with van der Waals surface area (Å²) in [5.74, 6) is -16.1. The van der Waals surface area contributed by atoms with E-state index in [9.17, 15) is 77.6 Å². The van der Waals surface area contributed by atoms with Gasteiger partial charge >= 0.3 is 5.97 Å². The number of rotatable bonds is 35. The second-order valence-corrected chi connectivity index (χ2v) is 32.2. The van der Waals surface area contributed by atoms with Crippen LogP contribution in [0.1, 0.15) is 214 Å². The number of carbonyl (C=O) groups excluding carboxylic acids is 15. The molecule has 14 amide bonds. The van der Waals surface area contributed by atoms with Gasteiger partial charge in [0.1, 0.15) is 78.7 Å². The molecule has 3 fully saturated rings. The molecule has 0 spiro atoms. The quantitative estimate of drug-likeness (QED) is 0.0220. The molecule has 17 atom stereocenters. The Hall–Kier alpha value is -9.06. The van der Waals surface area contributed by atoms with E-state index >= 15 is 9.59 Å². The van der Waals surface area contributed by atoms with Crippen molar-refractivity contribution in [3.63, 3.8) is 0 Å². The predicted molar refractivity (Wildman–Crippen MR) is 429 cm³/mol. The van der Waals surface area contributed by atoms with Gasteiger partial charge in [0.05, 0.1) is 31.4 Å². The molecule has 652 valence electrons. The van der Waals surface area contributed by atoms with Crippen LogP contribution in [0, 0.1) is 35.5 Å². The highest BCUT2D eigenvalue weighted by Crippen LogP contribution is 2.25. The topological polar surface area (TPSA) is 496 Å². The van der Waals surface area contributed by atoms with Crippen molar-refractivity contribution in [2.75, 3.05) is 53.9 Å². The number of likely N-dealkylation sites (tertiary alicyclic amines) is 1. The average molecular weight is 1630 g/mol. The Morgan fingerprint density at radius 1 is 0.652 bits per heavy atom. The number of ether oxygens (including phenoxy) is 1. The standard InChI is InChI=1S/C79H137N17O19/c1-21-46(12)62(90-70(106)59(43(6)7)86-56(100)39-82-75(111)66(50(16)99)94(20)77(113)55-34-32-38-95(55)58(102)35-31-29-27-25-24-26-28-30-33-42(4)5)72(108)83-48(14)67(103)84-52(23-3)76(112)96-40-57(101)87-60(44(8)9)69(105)88-61(45(10)11)71(107)91-64(49(15)98)74(110)85-53(41-97)68(104)89-63(47(13)22-2)73(109)92-65(78(114)115-51(96)17)54-36-37-81-79(80-18)93(54)19/h23,42-51,53-55,59-66,97-99H,21-22,24-41H2,1-20H3,(H,80,81)(H,82,111)(H,83,108)(H,84,103)(H,85,110)(H,86,100)(H,87,101)(H,88,105)(H,89,104)(H,90,106)(H,91,107)(H,92,109). The summed E-state index contributed by atoms with van der Waals surface area (Å²) in [6.07, 6.45) is 7.92. The third-order valence-electron chi connectivity index (χ3n) is 21.5. The number of aliphatic hydroxyl groups is 3. The lowest BCUT2D eigenvalue weighted by atomic mass is 9.96. The summed E-state index contributed by atoms with van der Waals surface area (Å²) in [7, 11) is 4.40. The summed E-state index contributed by atoms with van der Waals surface area (Å²) in [5, 5.41) is 63.3. The van der Waals surface area contributed by atoms with Gasteiger partial charge in [-0.15, -0.1) is 0 Å². The summed E-state index contributed by atoms with van der Waals surface area (Å²) < 4.78 is 6.07. The molecule has 0 aromatic heterocycles. The van der Waals surface area contributed by atoms with E-state index in [4.69, 9.17) is 4.74 Å². The molecular weight excluding hydrogens is 1490 g/mol. The lowest BCUT2D eigenvalue weighted by molar-refractivity contribution is -0.168. The van der Waals surface area contributed by atoms with E-state index in [1.165, 1.54) is 74.4 Å². The fourth-order valence-electron chi connectivity index (χ4n) is 13.8. The fourth-order valence-corrected chi connectivity index (χ4v) is 13.8. The number of unbranched alkanes of at least 4 members (excludes halogenated alkanes) is 7. The van der Waals surface area contributed by atoms with Crippen molar-refractivity contribution < 1.29 is 92.0 Å². The lowest BCUT2D eigenvalue weighted by Gasteiger charge is -2.40. The van der Waals surface area contributed by atoms with Crippen LogP contribution in [-0.2, 0) is 76.7 Å². The molecule has 0 bridgehead atoms. The maximum Gasteiger partial charge on any atom is 0.332 e. The first-order chi connectivity index (χ1) is 54.0. The third kappa shape index (κ3) is 30.5. The number of esters is 1. The van der Waals surface area contributed by atoms with Gasteiger partial charge in [-0.3, -0.25) is 77.0 Å². The first kappa shape index (κ1) is 100. The first-order valence-corrected chi connectivity index (χ1v) is 41.0. The molecule has 3 aliphatic rings. The van der Waals surface area contributed by atoms with Crippen LogP contribution in [0.2, 0.25) is 0 Å². The van der Waals surface area contributed by atoms with Gasteiger partial charge in [-0.25, -0.2) is 4.79 Å². The van der Waals surface area contributed by atoms with Gasteiger partial charge in [0.25, 0.3) is 5.91 Å². The summed E-state index contributed by atoms with van der Waals surface area (Å²) in [5.41, 5.74) is -0.541. The number of likely N-dealkylation sites (N-methyl/N-ethyl adjacent to an activating group) is 2. The Balaban J connectivity index is 1.94. The number of cyclic esters (lactones) is 1. The number of aliphatic imine (C=N–C) groups is 1. The lowest BCUT2D eigenvalue weighted by Crippen LogP contribution is -2.65. The van der Waals surface area contributed by atoms with E-state index in [-0.39, 0.29) is 37.7 Å². The highest BCUT2D eigenvalue weighted by Gasteiger charge is 2.45. The van der Waals surface area contributed by atoms with Crippen molar-refractivity contribution in [3.8, 4) is 0 Å². The number of nitrogens with one attached hydrogen (secondary N) is 12. The van der Waals surface area contributed by atoms with Crippen molar-refractivity contribution in [1.29, 1.82) is 0 Å². The van der Waals surface area contributed by atoms with Gasteiger partial charge in [-0.05, 0) is 95.8 Å². The number of hydrogen-bond donors (Lipinski definition) is 15. The number of amides is 14. The molecule has 17 unspecified atom stereocenters. The number of aliphatic hydroxyl groups excluding tert-OH is 3. The molecule has 36 nitrogen and oxygen atoms in total. The number of allylic oxidation sites excluding steroid dienone is 1. The summed E-state index contributed by atoms with van der Waals surface area (Å²) in [4.78, 5) is 223. The fraction of sp³-hybridized carbons (Fsp3) is 0.772. The maximum absolute atomic E-state index is 15.2. The minimum absolute atomic E-state index is 0.141. The van der Waals surface area contributed by atoms with E-state index in [2.05, 4.69) is 82.6 Å². The number of guanidine groups is 1. The molecule has 0 radical (unpaired) electrons. The number of hydrogen-bond acceptors (Lipinski definition) is 20. The summed E-state index contributed by atoms with van der Waals surface area (Å²) in [6.45, 7) is 24.7. The van der Waals surface area contributed by atoms with Gasteiger partial charge < -0.3 is 98.6 Å². The minimum Gasteiger partial charge on any atom is -0.440 e. The molecule has 3 saturated heterocycles. The molecule has 3 aliphatic heterocycles. The van der Waals surface area contributed by atoms with Crippen molar-refractivity contribution in [3.05, 3.63) is 11.8 Å². The van der Waals surface area contributed by atoms with Crippen molar-refractivity contribution in [1.82, 2.24) is 83.4 Å². The Bertz CT molecular complexity index is 3370. The Kier molecular flexibility index (Phi) is 42.8. The van der Waals surface area contributed by atoms with E-state index in [0.29, 0.717) is 38.1 Å². The Labute approximate surface area is 678 Å². The molecule has 36 heteroatoms. The van der Waals surface area contributed by atoms with Crippen LogP contribution in [0.5, 0.6) is 0 Å². The maximum atomic E-state index is 15.2. The number of nitrogens with zero attached hydrogens (tertiary/aromatic N) is 5. The molecule has 3 rings (SSSR count). The second-order valence-electron chi connectivity index (χ2n) is 32.2. The Morgan fingerprint density at radius 3 is 1.75 bits per heavy atom. The predicted octanol–water partition coefficient (Wildman–Crippen LogP) is -0.294. The number of carbonyl (C=O) groups is 15. The van der Waals surface area contributed by atoms with Crippen LogP contribution in [0.25, 0.3) is 0 Å². The Morgan fingerprint density at radius 2 is 1.21 bits per heavy atom. The molecule has 0 aliphatic carbocycles. The van der Waals surface area contributed by atoms with Gasteiger partial charge in [0, 0.05) is 40.7 Å². The minimum atomic E-state index is -1.80. The monoisotopic (exact) mass is 1630 g/mol. The highest BCUT2D eigenvalue weighted by atomic mass is 16.6. The van der Waals surface area contributed by atoms with Crippen molar-refractivity contribution in [2.45, 2.75) is 305 Å². The summed E-state index contributed by atoms with van der Waals surface area (Å²) in [6, 6.07) is -17.2. The van der Waals surface area contributed by atoms with Crippen LogP contribution >= 0.6 is 0 Å². The van der Waals surface area contributed by atoms with Crippen LogP contribution in [-0.4, -0.2) is 274 Å². The van der Waals surface area contributed by atoms with Crippen LogP contribution < -0.4 is 63.8 Å². The zero-order valence-corrected chi connectivity index (χ0v) is 71.5. The van der Waals surface area contributed by atoms with E-state index < -0.39 is 229 Å². The summed E-state index contributed by atoms with van der Waals surface area (Å²) >= 11 is 0. The van der Waals surface area contributed by atoms with Crippen LogP contribution in [0.4, 0.5) is 0 Å². The van der Waals surface area contributed by atoms with E-state index in [0.717, 1.165) is 41.6 Å². The van der Waals surface area contributed by atoms with Crippen LogP contribution in [0.15, 0.2) is 16.8 Å². The van der Waals surface area contributed by atoms with Gasteiger partial charge in [0.15, 0.2) is 12.2 Å². The SMILES string of the molecule is CC=C(NC(=O)C(C)NC(=O)C(NC(=O)C(NC(=O)CNC(=O)C(C(C)O)N(C)C(=O)C1CCCN1C(=O)CCCCCCCCCCC(C)C)C(C)C)C(C)CC)C(=O)N1CC(=O)NC(C(C)C)C(=O)NC(C(C)C)C(=O)NC(C(C)O)C(=O)NC(CO)C(=O)NC(C(C)CC)C(=O)NC(C2CCNC(=NC)N2C)C(=O)OC1C. The largest absolute Gasteiger partial charge is 0.440 e. The van der Waals surface area contributed by atoms with Crippen LogP contribution in [0.3, 0.4) is 0 Å². The third-order valence-corrected chi connectivity index (χ3v) is 21.5. The molecule has 115 heavy (non-hydrogen) atoms. The zero-order chi connectivity index (χ0) is 87.0. The van der Waals surface area contributed by atoms with Gasteiger partial charge in [-0.1, -0.05) is 153 Å². The molecule has 0 saturated carbocycles. The van der Waals surface area contributed by atoms with E-state index in [1.807, 2.05) is 0 Å².